The predicted octanol–water partition coefficient (Wildman–Crippen LogP) is 3.21. The number of hydrogen-bond acceptors (Lipinski definition) is 1. The van der Waals surface area contributed by atoms with Gasteiger partial charge in [-0.15, -0.1) is 0 Å². The Morgan fingerprint density at radius 2 is 1.82 bits per heavy atom. The van der Waals surface area contributed by atoms with Crippen molar-refractivity contribution in [3.63, 3.8) is 0 Å². The molecular weight excluding hydrogens is 134 g/mol. The quantitative estimate of drug-likeness (QED) is 0.315. The third-order valence-corrected chi connectivity index (χ3v) is 1.62. The zero-order chi connectivity index (χ0) is 8.36. The summed E-state index contributed by atoms with van der Waals surface area (Å²) in [6, 6.07) is 0. The van der Waals surface area contributed by atoms with Gasteiger partial charge in [0.25, 0.3) is 0 Å². The summed E-state index contributed by atoms with van der Waals surface area (Å²) in [5, 5.41) is 0. The summed E-state index contributed by atoms with van der Waals surface area (Å²) in [4.78, 5) is 3.93. The summed E-state index contributed by atoms with van der Waals surface area (Å²) in [5.74, 6) is 0. The molecule has 0 bridgehead atoms. The van der Waals surface area contributed by atoms with Crippen molar-refractivity contribution in [2.75, 3.05) is 7.05 Å². The molecule has 0 saturated carbocycles. The van der Waals surface area contributed by atoms with Gasteiger partial charge in [-0.2, -0.15) is 0 Å². The predicted molar refractivity (Wildman–Crippen MR) is 52.3 cm³/mol. The molecular formula is C10H19N. The largest absolute Gasteiger partial charge is 0.301 e. The fourth-order valence-electron chi connectivity index (χ4n) is 0.970. The van der Waals surface area contributed by atoms with Crippen LogP contribution >= 0.6 is 0 Å². The zero-order valence-electron chi connectivity index (χ0n) is 7.71. The summed E-state index contributed by atoms with van der Waals surface area (Å²) in [5.41, 5.74) is 0. The van der Waals surface area contributed by atoms with Crippen LogP contribution in [-0.2, 0) is 0 Å². The number of rotatable bonds is 6. The maximum atomic E-state index is 3.93. The van der Waals surface area contributed by atoms with E-state index in [0.717, 1.165) is 6.42 Å². The van der Waals surface area contributed by atoms with E-state index in [0.29, 0.717) is 0 Å². The Morgan fingerprint density at radius 1 is 1.09 bits per heavy atom. The molecule has 11 heavy (non-hydrogen) atoms. The van der Waals surface area contributed by atoms with Gasteiger partial charge >= 0.3 is 0 Å². The van der Waals surface area contributed by atoms with Gasteiger partial charge in [-0.05, 0) is 38.8 Å². The van der Waals surface area contributed by atoms with Crippen LogP contribution in [0.2, 0.25) is 0 Å². The molecule has 64 valence electrons. The molecule has 0 saturated heterocycles. The second kappa shape index (κ2) is 9.41. The van der Waals surface area contributed by atoms with E-state index < -0.39 is 0 Å². The van der Waals surface area contributed by atoms with Crippen molar-refractivity contribution in [3.05, 3.63) is 12.2 Å². The molecule has 1 nitrogen and oxygen atoms in total. The van der Waals surface area contributed by atoms with Crippen LogP contribution in [0.25, 0.3) is 0 Å². The van der Waals surface area contributed by atoms with Crippen LogP contribution in [0.1, 0.15) is 39.0 Å². The number of hydrogen-bond donors (Lipinski definition) is 0. The molecule has 0 rings (SSSR count). The van der Waals surface area contributed by atoms with Crippen LogP contribution in [0.4, 0.5) is 0 Å². The Bertz CT molecular complexity index is 100. The molecule has 0 radical (unpaired) electrons. The summed E-state index contributed by atoms with van der Waals surface area (Å²) >= 11 is 0. The van der Waals surface area contributed by atoms with Crippen LogP contribution in [0, 0.1) is 0 Å². The van der Waals surface area contributed by atoms with Crippen molar-refractivity contribution >= 4 is 6.21 Å². The Balaban J connectivity index is 2.90. The highest BCUT2D eigenvalue weighted by atomic mass is 14.6. The molecule has 0 N–H and O–H groups in total. The molecule has 0 aromatic heterocycles. The minimum absolute atomic E-state index is 1.15. The zero-order valence-corrected chi connectivity index (χ0v) is 7.71. The smallest absolute Gasteiger partial charge is 0.0273 e. The first-order valence-electron chi connectivity index (χ1n) is 4.43. The van der Waals surface area contributed by atoms with Gasteiger partial charge in [0.05, 0.1) is 0 Å². The Hall–Kier alpha value is -0.590. The van der Waals surface area contributed by atoms with Gasteiger partial charge in [0, 0.05) is 7.05 Å². The topological polar surface area (TPSA) is 12.4 Å². The third-order valence-electron chi connectivity index (χ3n) is 1.62. The molecule has 0 atom stereocenters. The lowest BCUT2D eigenvalue weighted by molar-refractivity contribution is 0.709. The van der Waals surface area contributed by atoms with Crippen LogP contribution in [-0.4, -0.2) is 13.3 Å². The van der Waals surface area contributed by atoms with Crippen molar-refractivity contribution in [2.45, 2.75) is 39.0 Å². The number of allylic oxidation sites excluding steroid dienone is 2. The van der Waals surface area contributed by atoms with E-state index in [1.807, 2.05) is 13.3 Å². The minimum Gasteiger partial charge on any atom is -0.301 e. The molecule has 0 unspecified atom stereocenters. The fourth-order valence-corrected chi connectivity index (χ4v) is 0.970. The van der Waals surface area contributed by atoms with Crippen molar-refractivity contribution in [1.82, 2.24) is 0 Å². The lowest BCUT2D eigenvalue weighted by Crippen LogP contribution is -1.78. The molecule has 0 heterocycles. The van der Waals surface area contributed by atoms with Crippen molar-refractivity contribution in [3.8, 4) is 0 Å². The van der Waals surface area contributed by atoms with Crippen LogP contribution < -0.4 is 0 Å². The van der Waals surface area contributed by atoms with Crippen molar-refractivity contribution in [1.29, 1.82) is 0 Å². The standard InChI is InChI=1S/C10H19N/c1-3-4-5-6-7-8-9-10-11-2/h3-4,10H,5-9H2,1-2H3/b4-3-,11-10?. The first kappa shape index (κ1) is 10.4. The fraction of sp³-hybridized carbons (Fsp3) is 0.700. The molecule has 0 aliphatic carbocycles. The molecule has 0 aromatic carbocycles. The van der Waals surface area contributed by atoms with Crippen molar-refractivity contribution in [2.24, 2.45) is 4.99 Å². The van der Waals surface area contributed by atoms with Gasteiger partial charge < -0.3 is 4.99 Å². The normalized spacial score (nSPS) is 11.8. The molecule has 0 aliphatic rings. The summed E-state index contributed by atoms with van der Waals surface area (Å²) in [6.07, 6.45) is 12.7. The van der Waals surface area contributed by atoms with Crippen LogP contribution in [0.15, 0.2) is 17.1 Å². The highest BCUT2D eigenvalue weighted by Crippen LogP contribution is 2.02. The van der Waals surface area contributed by atoms with Gasteiger partial charge in [0.2, 0.25) is 0 Å². The van der Waals surface area contributed by atoms with Crippen LogP contribution in [0.5, 0.6) is 0 Å². The molecule has 0 fully saturated rings. The van der Waals surface area contributed by atoms with Gasteiger partial charge in [-0.1, -0.05) is 18.6 Å². The van der Waals surface area contributed by atoms with Crippen molar-refractivity contribution < 1.29 is 0 Å². The van der Waals surface area contributed by atoms with E-state index in [1.54, 1.807) is 0 Å². The van der Waals surface area contributed by atoms with E-state index in [9.17, 15) is 0 Å². The summed E-state index contributed by atoms with van der Waals surface area (Å²) in [6.45, 7) is 2.07. The summed E-state index contributed by atoms with van der Waals surface area (Å²) < 4.78 is 0. The second-order valence-corrected chi connectivity index (χ2v) is 2.65. The molecule has 0 aromatic rings. The number of aliphatic imine (C=N–C) groups is 1. The molecule has 0 amide bonds. The van der Waals surface area contributed by atoms with E-state index >= 15 is 0 Å². The Kier molecular flexibility index (Phi) is 8.91. The lowest BCUT2D eigenvalue weighted by atomic mass is 10.1. The third kappa shape index (κ3) is 9.41. The van der Waals surface area contributed by atoms with Crippen LogP contribution in [0.3, 0.4) is 0 Å². The van der Waals surface area contributed by atoms with Gasteiger partial charge in [-0.3, -0.25) is 0 Å². The van der Waals surface area contributed by atoms with E-state index in [-0.39, 0.29) is 0 Å². The minimum atomic E-state index is 1.15. The molecule has 0 spiro atoms. The average Bonchev–Trinajstić information content (AvgIpc) is 2.03. The first-order chi connectivity index (χ1) is 5.41. The highest BCUT2D eigenvalue weighted by Gasteiger charge is 1.84. The Labute approximate surface area is 70.2 Å². The number of unbranched alkanes of at least 4 members (excludes halogenated alkanes) is 4. The molecule has 1 heteroatoms. The SMILES string of the molecule is C/C=C\CCCCCC=NC. The average molecular weight is 153 g/mol. The van der Waals surface area contributed by atoms with E-state index in [2.05, 4.69) is 24.1 Å². The molecule has 0 aliphatic heterocycles. The monoisotopic (exact) mass is 153 g/mol. The maximum absolute atomic E-state index is 3.93. The van der Waals surface area contributed by atoms with E-state index in [4.69, 9.17) is 0 Å². The maximum Gasteiger partial charge on any atom is 0.0273 e. The first-order valence-corrected chi connectivity index (χ1v) is 4.43. The van der Waals surface area contributed by atoms with Gasteiger partial charge in [0.1, 0.15) is 0 Å². The number of nitrogens with zero attached hydrogens (tertiary/aromatic N) is 1. The lowest BCUT2D eigenvalue weighted by Gasteiger charge is -1.93. The Morgan fingerprint density at radius 3 is 2.45 bits per heavy atom. The second-order valence-electron chi connectivity index (χ2n) is 2.65. The highest BCUT2D eigenvalue weighted by molar-refractivity contribution is 5.56. The van der Waals surface area contributed by atoms with Gasteiger partial charge in [0.15, 0.2) is 0 Å². The van der Waals surface area contributed by atoms with Gasteiger partial charge in [-0.25, -0.2) is 0 Å². The van der Waals surface area contributed by atoms with E-state index in [1.165, 1.54) is 25.7 Å². The summed E-state index contributed by atoms with van der Waals surface area (Å²) in [7, 11) is 1.83.